The van der Waals surface area contributed by atoms with E-state index in [-0.39, 0.29) is 5.92 Å². The summed E-state index contributed by atoms with van der Waals surface area (Å²) in [5.41, 5.74) is 0.870. The molecule has 0 spiro atoms. The van der Waals surface area contributed by atoms with Crippen LogP contribution in [0.2, 0.25) is 0 Å². The van der Waals surface area contributed by atoms with Crippen LogP contribution in [-0.2, 0) is 0 Å². The van der Waals surface area contributed by atoms with E-state index in [1.807, 2.05) is 30.3 Å². The average Bonchev–Trinajstić information content (AvgIpc) is 2.71. The molecule has 2 unspecified atom stereocenters. The summed E-state index contributed by atoms with van der Waals surface area (Å²) in [6.45, 7) is 6.77. The maximum absolute atomic E-state index is 12.6. The fourth-order valence-corrected chi connectivity index (χ4v) is 3.62. The minimum absolute atomic E-state index is 0.145. The van der Waals surface area contributed by atoms with Crippen molar-refractivity contribution >= 4 is 5.78 Å². The van der Waals surface area contributed by atoms with Crippen molar-refractivity contribution in [3.63, 3.8) is 0 Å². The van der Waals surface area contributed by atoms with Gasteiger partial charge < -0.3 is 5.32 Å². The fraction of sp³-hybridized carbons (Fsp3) is 0.611. The molecule has 0 aromatic heterocycles. The van der Waals surface area contributed by atoms with Crippen LogP contribution in [0.25, 0.3) is 0 Å². The molecule has 2 aliphatic heterocycles. The van der Waals surface area contributed by atoms with E-state index in [4.69, 9.17) is 0 Å². The molecule has 2 heterocycles. The minimum Gasteiger partial charge on any atom is -0.314 e. The molecule has 1 N–H and O–H groups in total. The maximum atomic E-state index is 12.6. The number of hydrogen-bond acceptors (Lipinski definition) is 3. The van der Waals surface area contributed by atoms with Crippen molar-refractivity contribution in [2.45, 2.75) is 32.2 Å². The topological polar surface area (TPSA) is 32.3 Å². The third-order valence-corrected chi connectivity index (χ3v) is 5.26. The molecule has 2 saturated heterocycles. The summed E-state index contributed by atoms with van der Waals surface area (Å²) in [6.07, 6.45) is 3.58. The molecule has 0 saturated carbocycles. The Morgan fingerprint density at radius 2 is 1.95 bits per heavy atom. The first-order valence-corrected chi connectivity index (χ1v) is 8.29. The van der Waals surface area contributed by atoms with Crippen LogP contribution < -0.4 is 5.32 Å². The van der Waals surface area contributed by atoms with Gasteiger partial charge >= 0.3 is 0 Å². The van der Waals surface area contributed by atoms with E-state index in [0.717, 1.165) is 37.7 Å². The van der Waals surface area contributed by atoms with Crippen LogP contribution >= 0.6 is 0 Å². The lowest BCUT2D eigenvalue weighted by molar-refractivity contribution is 0.0874. The molecule has 0 radical (unpaired) electrons. The number of ketones is 1. The molecule has 3 nitrogen and oxygen atoms in total. The summed E-state index contributed by atoms with van der Waals surface area (Å²) in [5, 5.41) is 3.36. The molecular formula is C18H26N2O. The van der Waals surface area contributed by atoms with Gasteiger partial charge in [-0.3, -0.25) is 9.69 Å². The molecule has 1 aromatic rings. The Hall–Kier alpha value is -1.19. The first-order valence-electron chi connectivity index (χ1n) is 8.29. The van der Waals surface area contributed by atoms with E-state index < -0.39 is 0 Å². The van der Waals surface area contributed by atoms with Crippen LogP contribution in [0.1, 0.15) is 36.5 Å². The third kappa shape index (κ3) is 3.35. The summed E-state index contributed by atoms with van der Waals surface area (Å²) >= 11 is 0. The van der Waals surface area contributed by atoms with Crippen molar-refractivity contribution in [2.24, 2.45) is 11.8 Å². The van der Waals surface area contributed by atoms with Crippen LogP contribution in [0.3, 0.4) is 0 Å². The van der Waals surface area contributed by atoms with E-state index in [9.17, 15) is 4.79 Å². The van der Waals surface area contributed by atoms with Gasteiger partial charge in [0.2, 0.25) is 0 Å². The number of hydrogen-bond donors (Lipinski definition) is 1. The predicted molar refractivity (Wildman–Crippen MR) is 85.5 cm³/mol. The van der Waals surface area contributed by atoms with Gasteiger partial charge in [-0.1, -0.05) is 37.3 Å². The largest absolute Gasteiger partial charge is 0.314 e. The number of nitrogens with one attached hydrogen (secondary N) is 1. The Labute approximate surface area is 127 Å². The smallest absolute Gasteiger partial charge is 0.165 e. The van der Waals surface area contributed by atoms with Gasteiger partial charge in [-0.25, -0.2) is 0 Å². The Morgan fingerprint density at radius 1 is 1.19 bits per heavy atom. The van der Waals surface area contributed by atoms with Crippen LogP contribution in [0.4, 0.5) is 0 Å². The molecule has 21 heavy (non-hydrogen) atoms. The van der Waals surface area contributed by atoms with Gasteiger partial charge in [0.25, 0.3) is 0 Å². The number of rotatable bonds is 4. The highest BCUT2D eigenvalue weighted by Crippen LogP contribution is 2.28. The number of nitrogens with zero attached hydrogens (tertiary/aromatic N) is 1. The molecule has 1 aromatic carbocycles. The highest BCUT2D eigenvalue weighted by molar-refractivity contribution is 5.97. The third-order valence-electron chi connectivity index (χ3n) is 5.26. The van der Waals surface area contributed by atoms with Gasteiger partial charge in [-0.05, 0) is 38.3 Å². The van der Waals surface area contributed by atoms with Crippen molar-refractivity contribution < 1.29 is 4.79 Å². The van der Waals surface area contributed by atoms with E-state index in [1.54, 1.807) is 0 Å². The molecule has 2 aliphatic rings. The summed E-state index contributed by atoms with van der Waals surface area (Å²) in [7, 11) is 0. The molecule has 2 fully saturated rings. The van der Waals surface area contributed by atoms with Crippen molar-refractivity contribution in [3.05, 3.63) is 35.9 Å². The standard InChI is InChI=1S/C18H26N2O/c1-14(18(21)16-6-3-2-4-7-16)15-8-5-10-20(11-9-15)17-12-19-13-17/h2-4,6-7,14-15,17,19H,5,8-13H2,1H3. The van der Waals surface area contributed by atoms with E-state index >= 15 is 0 Å². The van der Waals surface area contributed by atoms with Gasteiger partial charge in [-0.2, -0.15) is 0 Å². The second-order valence-corrected chi connectivity index (χ2v) is 6.56. The zero-order valence-electron chi connectivity index (χ0n) is 12.9. The summed E-state index contributed by atoms with van der Waals surface area (Å²) < 4.78 is 0. The number of likely N-dealkylation sites (tertiary alicyclic amines) is 1. The molecule has 0 aliphatic carbocycles. The zero-order chi connectivity index (χ0) is 14.7. The Balaban J connectivity index is 1.59. The highest BCUT2D eigenvalue weighted by atomic mass is 16.1. The van der Waals surface area contributed by atoms with Crippen molar-refractivity contribution in [2.75, 3.05) is 26.2 Å². The van der Waals surface area contributed by atoms with Crippen LogP contribution in [0.5, 0.6) is 0 Å². The molecule has 3 heteroatoms. The number of Topliss-reactive ketones (excluding diaryl/α,β-unsaturated/α-hetero) is 1. The molecule has 2 atom stereocenters. The van der Waals surface area contributed by atoms with Crippen molar-refractivity contribution in [3.8, 4) is 0 Å². The second-order valence-electron chi connectivity index (χ2n) is 6.56. The predicted octanol–water partition coefficient (Wildman–Crippen LogP) is 2.58. The number of carbonyl (C=O) groups excluding carboxylic acids is 1. The van der Waals surface area contributed by atoms with Crippen LogP contribution in [0, 0.1) is 11.8 Å². The highest BCUT2D eigenvalue weighted by Gasteiger charge is 2.30. The Morgan fingerprint density at radius 3 is 2.62 bits per heavy atom. The Bertz CT molecular complexity index is 469. The summed E-state index contributed by atoms with van der Waals surface area (Å²) in [5.74, 6) is 1.00. The van der Waals surface area contributed by atoms with Gasteiger partial charge in [-0.15, -0.1) is 0 Å². The van der Waals surface area contributed by atoms with E-state index in [1.165, 1.54) is 19.4 Å². The molecule has 0 bridgehead atoms. The lowest BCUT2D eigenvalue weighted by Gasteiger charge is -2.37. The second kappa shape index (κ2) is 6.71. The van der Waals surface area contributed by atoms with E-state index in [2.05, 4.69) is 17.1 Å². The molecule has 114 valence electrons. The lowest BCUT2D eigenvalue weighted by atomic mass is 9.83. The molecule has 3 rings (SSSR count). The van der Waals surface area contributed by atoms with Crippen molar-refractivity contribution in [1.82, 2.24) is 10.2 Å². The SMILES string of the molecule is CC(C(=O)c1ccccc1)C1CCCN(C2CNC2)CC1. The fourth-order valence-electron chi connectivity index (χ4n) is 3.62. The van der Waals surface area contributed by atoms with Gasteiger partial charge in [0.05, 0.1) is 0 Å². The normalized spacial score (nSPS) is 25.9. The average molecular weight is 286 g/mol. The summed E-state index contributed by atoms with van der Waals surface area (Å²) in [4.78, 5) is 15.2. The first kappa shape index (κ1) is 14.7. The van der Waals surface area contributed by atoms with Crippen LogP contribution in [0.15, 0.2) is 30.3 Å². The number of benzene rings is 1. The quantitative estimate of drug-likeness (QED) is 0.864. The molecular weight excluding hydrogens is 260 g/mol. The van der Waals surface area contributed by atoms with E-state index in [0.29, 0.717) is 11.7 Å². The Kier molecular flexibility index (Phi) is 4.71. The minimum atomic E-state index is 0.145. The first-order chi connectivity index (χ1) is 10.3. The van der Waals surface area contributed by atoms with Gasteiger partial charge in [0.15, 0.2) is 5.78 Å². The van der Waals surface area contributed by atoms with Crippen molar-refractivity contribution in [1.29, 1.82) is 0 Å². The lowest BCUT2D eigenvalue weighted by Crippen LogP contribution is -2.57. The summed E-state index contributed by atoms with van der Waals surface area (Å²) in [6, 6.07) is 10.5. The number of carbonyl (C=O) groups is 1. The monoisotopic (exact) mass is 286 g/mol. The molecule has 0 amide bonds. The van der Waals surface area contributed by atoms with Crippen LogP contribution in [-0.4, -0.2) is 42.9 Å². The maximum Gasteiger partial charge on any atom is 0.165 e. The zero-order valence-corrected chi connectivity index (χ0v) is 12.9. The van der Waals surface area contributed by atoms with Gasteiger partial charge in [0.1, 0.15) is 0 Å². The van der Waals surface area contributed by atoms with Gasteiger partial charge in [0, 0.05) is 30.6 Å².